The van der Waals surface area contributed by atoms with E-state index in [4.69, 9.17) is 33.1 Å². The lowest BCUT2D eigenvalue weighted by atomic mass is 10.2. The number of nitrogens with one attached hydrogen (secondary N) is 1. The summed E-state index contributed by atoms with van der Waals surface area (Å²) in [5.41, 5.74) is -0.210. The van der Waals surface area contributed by atoms with Gasteiger partial charge in [-0.05, 0) is 12.1 Å². The molecule has 2 N–H and O–H groups in total. The molecule has 15 heavy (non-hydrogen) atoms. The molecule has 7 heteroatoms. The molecule has 0 saturated carbocycles. The minimum Gasteiger partial charge on any atom is -0.478 e. The average molecular weight is 268 g/mol. The summed E-state index contributed by atoms with van der Waals surface area (Å²) in [5.74, 6) is -1.25. The van der Waals surface area contributed by atoms with Gasteiger partial charge in [-0.15, -0.1) is 0 Å². The Balaban J connectivity index is 3.58. The molecule has 82 valence electrons. The summed E-state index contributed by atoms with van der Waals surface area (Å²) in [5, 5.41) is 8.76. The summed E-state index contributed by atoms with van der Waals surface area (Å²) in [7, 11) is -3.06. The summed E-state index contributed by atoms with van der Waals surface area (Å²) in [6.07, 6.45) is 1.16. The van der Waals surface area contributed by atoms with Crippen molar-refractivity contribution in [3.8, 4) is 0 Å². The molecule has 1 aromatic carbocycles. The van der Waals surface area contributed by atoms with E-state index in [1.54, 1.807) is 0 Å². The molecule has 0 fully saturated rings. The van der Waals surface area contributed by atoms with Crippen LogP contribution in [0.25, 0.3) is 0 Å². The van der Waals surface area contributed by atoms with Crippen molar-refractivity contribution in [3.05, 3.63) is 27.7 Å². The molecule has 0 radical (unpaired) electrons. The Kier molecular flexibility index (Phi) is 3.28. The second kappa shape index (κ2) is 4.00. The first-order chi connectivity index (χ1) is 6.73. The minimum atomic E-state index is -3.06. The average Bonchev–Trinajstić information content (AvgIpc) is 2.00. The minimum absolute atomic E-state index is 0.0223. The Morgan fingerprint density at radius 2 is 1.93 bits per heavy atom. The molecule has 0 aliphatic heterocycles. The Morgan fingerprint density at radius 3 is 2.33 bits per heavy atom. The lowest BCUT2D eigenvalue weighted by Crippen LogP contribution is -2.03. The van der Waals surface area contributed by atoms with Crippen molar-refractivity contribution in [2.75, 3.05) is 6.26 Å². The van der Waals surface area contributed by atoms with Gasteiger partial charge in [0, 0.05) is 6.26 Å². The van der Waals surface area contributed by atoms with Gasteiger partial charge >= 0.3 is 5.97 Å². The van der Waals surface area contributed by atoms with Gasteiger partial charge in [0.05, 0.1) is 30.2 Å². The first-order valence-corrected chi connectivity index (χ1v) is 6.42. The van der Waals surface area contributed by atoms with Crippen LogP contribution in [-0.4, -0.2) is 21.5 Å². The van der Waals surface area contributed by atoms with Crippen LogP contribution >= 0.6 is 23.2 Å². The van der Waals surface area contributed by atoms with Crippen LogP contribution in [0.4, 0.5) is 0 Å². The van der Waals surface area contributed by atoms with Crippen LogP contribution in [-0.2, 0) is 9.73 Å². The third kappa shape index (κ3) is 2.62. The van der Waals surface area contributed by atoms with Crippen molar-refractivity contribution in [1.82, 2.24) is 0 Å². The van der Waals surface area contributed by atoms with Crippen LogP contribution in [0.3, 0.4) is 0 Å². The van der Waals surface area contributed by atoms with Crippen LogP contribution in [0.1, 0.15) is 10.4 Å². The number of halogens is 2. The van der Waals surface area contributed by atoms with Crippen LogP contribution in [0.2, 0.25) is 10.0 Å². The van der Waals surface area contributed by atoms with Crippen molar-refractivity contribution < 1.29 is 14.1 Å². The number of rotatable bonds is 2. The summed E-state index contributed by atoms with van der Waals surface area (Å²) in [6.45, 7) is 0. The third-order valence-corrected chi connectivity index (χ3v) is 3.59. The van der Waals surface area contributed by atoms with Crippen LogP contribution in [0.5, 0.6) is 0 Å². The van der Waals surface area contributed by atoms with Gasteiger partial charge in [0.25, 0.3) is 0 Å². The lowest BCUT2D eigenvalue weighted by molar-refractivity contribution is 0.0697. The van der Waals surface area contributed by atoms with E-state index >= 15 is 0 Å². The topological polar surface area (TPSA) is 78.2 Å². The van der Waals surface area contributed by atoms with E-state index in [9.17, 15) is 9.00 Å². The van der Waals surface area contributed by atoms with Crippen molar-refractivity contribution in [2.24, 2.45) is 0 Å². The Morgan fingerprint density at radius 1 is 1.40 bits per heavy atom. The number of hydrogen-bond acceptors (Lipinski definition) is 3. The van der Waals surface area contributed by atoms with E-state index in [1.807, 2.05) is 0 Å². The number of hydrogen-bond donors (Lipinski definition) is 2. The number of aromatic carboxylic acids is 1. The number of carboxylic acids is 1. The molecule has 0 aromatic heterocycles. The molecule has 0 aliphatic rings. The Labute approximate surface area is 96.8 Å². The third-order valence-electron chi connectivity index (χ3n) is 1.67. The van der Waals surface area contributed by atoms with Crippen molar-refractivity contribution in [2.45, 2.75) is 4.90 Å². The zero-order chi connectivity index (χ0) is 11.8. The van der Waals surface area contributed by atoms with Gasteiger partial charge in [0.15, 0.2) is 0 Å². The summed E-state index contributed by atoms with van der Waals surface area (Å²) < 4.78 is 18.8. The molecule has 0 amide bonds. The molecule has 0 spiro atoms. The molecule has 0 aliphatic carbocycles. The quantitative estimate of drug-likeness (QED) is 0.865. The van der Waals surface area contributed by atoms with Gasteiger partial charge in [-0.25, -0.2) is 13.8 Å². The fourth-order valence-electron chi connectivity index (χ4n) is 0.992. The van der Waals surface area contributed by atoms with E-state index in [0.29, 0.717) is 0 Å². The fourth-order valence-corrected chi connectivity index (χ4v) is 2.67. The lowest BCUT2D eigenvalue weighted by Gasteiger charge is -2.07. The highest BCUT2D eigenvalue weighted by Gasteiger charge is 2.16. The fraction of sp³-hybridized carbons (Fsp3) is 0.125. The first kappa shape index (κ1) is 12.3. The SMILES string of the molecule is CS(=N)(=O)c1cc(C(=O)O)c(Cl)cc1Cl. The highest BCUT2D eigenvalue weighted by atomic mass is 35.5. The molecular weight excluding hydrogens is 261 g/mol. The van der Waals surface area contributed by atoms with E-state index in [-0.39, 0.29) is 20.5 Å². The van der Waals surface area contributed by atoms with Gasteiger partial charge in [-0.1, -0.05) is 23.2 Å². The molecule has 1 rings (SSSR count). The van der Waals surface area contributed by atoms with E-state index in [0.717, 1.165) is 12.3 Å². The van der Waals surface area contributed by atoms with E-state index in [2.05, 4.69) is 0 Å². The van der Waals surface area contributed by atoms with Crippen LogP contribution < -0.4 is 0 Å². The van der Waals surface area contributed by atoms with E-state index in [1.165, 1.54) is 6.07 Å². The largest absolute Gasteiger partial charge is 0.478 e. The highest BCUT2D eigenvalue weighted by molar-refractivity contribution is 7.91. The summed E-state index contributed by atoms with van der Waals surface area (Å²) in [4.78, 5) is 10.7. The molecule has 0 heterocycles. The molecular formula is C8H7Cl2NO3S. The van der Waals surface area contributed by atoms with Gasteiger partial charge in [0.2, 0.25) is 0 Å². The smallest absolute Gasteiger partial charge is 0.337 e. The van der Waals surface area contributed by atoms with Gasteiger partial charge in [-0.3, -0.25) is 0 Å². The molecule has 1 unspecified atom stereocenters. The Hall–Kier alpha value is -0.780. The molecule has 0 saturated heterocycles. The van der Waals surface area contributed by atoms with Crippen molar-refractivity contribution in [3.63, 3.8) is 0 Å². The standard InChI is InChI=1S/C8H7Cl2NO3S/c1-15(11,14)7-2-4(8(12)13)5(9)3-6(7)10/h2-3,11H,1H3,(H,12,13). The monoisotopic (exact) mass is 267 g/mol. The second-order valence-electron chi connectivity index (χ2n) is 2.91. The zero-order valence-corrected chi connectivity index (χ0v) is 9.91. The van der Waals surface area contributed by atoms with Crippen molar-refractivity contribution >= 4 is 38.9 Å². The maximum atomic E-state index is 11.4. The number of carbonyl (C=O) groups is 1. The second-order valence-corrected chi connectivity index (χ2v) is 5.85. The van der Waals surface area contributed by atoms with Crippen molar-refractivity contribution in [1.29, 1.82) is 4.78 Å². The predicted molar refractivity (Wildman–Crippen MR) is 58.5 cm³/mol. The molecule has 1 atom stereocenters. The number of benzene rings is 1. The Bertz CT molecular complexity index is 525. The predicted octanol–water partition coefficient (Wildman–Crippen LogP) is 2.73. The maximum Gasteiger partial charge on any atom is 0.337 e. The summed E-state index contributed by atoms with van der Waals surface area (Å²) in [6, 6.07) is 2.25. The van der Waals surface area contributed by atoms with Crippen LogP contribution in [0.15, 0.2) is 17.0 Å². The molecule has 1 aromatic rings. The summed E-state index contributed by atoms with van der Waals surface area (Å²) >= 11 is 11.3. The van der Waals surface area contributed by atoms with Gasteiger partial charge in [0.1, 0.15) is 0 Å². The number of carboxylic acid groups (broad SMARTS) is 1. The molecule has 4 nitrogen and oxygen atoms in total. The van der Waals surface area contributed by atoms with Gasteiger partial charge in [-0.2, -0.15) is 0 Å². The van der Waals surface area contributed by atoms with Crippen LogP contribution in [0, 0.1) is 4.78 Å². The normalized spacial score (nSPS) is 14.6. The highest BCUT2D eigenvalue weighted by Crippen LogP contribution is 2.28. The molecule has 0 bridgehead atoms. The first-order valence-electron chi connectivity index (χ1n) is 3.69. The zero-order valence-electron chi connectivity index (χ0n) is 7.58. The van der Waals surface area contributed by atoms with E-state index < -0.39 is 15.7 Å². The van der Waals surface area contributed by atoms with Gasteiger partial charge < -0.3 is 5.11 Å². The maximum absolute atomic E-state index is 11.4.